The van der Waals surface area contributed by atoms with Crippen LogP contribution in [0.5, 0.6) is 0 Å². The van der Waals surface area contributed by atoms with Gasteiger partial charge >= 0.3 is 0 Å². The Morgan fingerprint density at radius 3 is 3.00 bits per heavy atom. The lowest BCUT2D eigenvalue weighted by atomic mass is 9.86. The van der Waals surface area contributed by atoms with Crippen molar-refractivity contribution < 1.29 is 9.52 Å². The minimum Gasteiger partial charge on any atom is -0.618 e. The number of nitrogens with one attached hydrogen (secondary N) is 1. The third kappa shape index (κ3) is 4.13. The van der Waals surface area contributed by atoms with Crippen LogP contribution in [-0.4, -0.2) is 17.7 Å². The van der Waals surface area contributed by atoms with Crippen LogP contribution in [0, 0.1) is 11.1 Å². The maximum absolute atomic E-state index is 11.9. The van der Waals surface area contributed by atoms with Crippen LogP contribution < -0.4 is 10.0 Å². The normalized spacial score (nSPS) is 23.0. The summed E-state index contributed by atoms with van der Waals surface area (Å²) in [7, 11) is 0. The largest absolute Gasteiger partial charge is 0.618 e. The summed E-state index contributed by atoms with van der Waals surface area (Å²) in [6.45, 7) is 2.19. The van der Waals surface area contributed by atoms with E-state index in [1.807, 2.05) is 0 Å². The molecule has 1 heterocycles. The van der Waals surface area contributed by atoms with E-state index in [1.165, 1.54) is 37.2 Å². The SMILES string of the molecule is CC1CCCCC1NC(=O)CSc1cccc[n+]1[O-]. The van der Waals surface area contributed by atoms with Gasteiger partial charge in [-0.05, 0) is 36.6 Å². The van der Waals surface area contributed by atoms with Gasteiger partial charge in [0, 0.05) is 18.2 Å². The van der Waals surface area contributed by atoms with Crippen molar-refractivity contribution in [2.45, 2.75) is 43.7 Å². The summed E-state index contributed by atoms with van der Waals surface area (Å²) in [4.78, 5) is 11.9. The second-order valence-corrected chi connectivity index (χ2v) is 6.08. The Morgan fingerprint density at radius 1 is 1.47 bits per heavy atom. The van der Waals surface area contributed by atoms with Crippen molar-refractivity contribution in [1.82, 2.24) is 5.32 Å². The monoisotopic (exact) mass is 280 g/mol. The Balaban J connectivity index is 1.80. The molecule has 2 atom stereocenters. The number of pyridine rings is 1. The minimum atomic E-state index is 0.0209. The molecule has 4 nitrogen and oxygen atoms in total. The van der Waals surface area contributed by atoms with E-state index in [1.54, 1.807) is 18.2 Å². The molecular weight excluding hydrogens is 260 g/mol. The summed E-state index contributed by atoms with van der Waals surface area (Å²) in [5, 5.41) is 15.1. The first-order chi connectivity index (χ1) is 9.16. The molecule has 1 fully saturated rings. The van der Waals surface area contributed by atoms with Gasteiger partial charge in [-0.2, -0.15) is 4.73 Å². The number of hydrogen-bond donors (Lipinski definition) is 1. The number of thioether (sulfide) groups is 1. The van der Waals surface area contributed by atoms with E-state index in [2.05, 4.69) is 12.2 Å². The molecule has 1 aliphatic carbocycles. The zero-order chi connectivity index (χ0) is 13.7. The van der Waals surface area contributed by atoms with E-state index in [0.717, 1.165) is 11.2 Å². The molecule has 2 unspecified atom stereocenters. The number of rotatable bonds is 4. The molecular formula is C14H20N2O2S. The topological polar surface area (TPSA) is 56.0 Å². The second-order valence-electron chi connectivity index (χ2n) is 5.09. The lowest BCUT2D eigenvalue weighted by molar-refractivity contribution is -0.645. The van der Waals surface area contributed by atoms with E-state index in [0.29, 0.717) is 22.7 Å². The minimum absolute atomic E-state index is 0.0209. The Hall–Kier alpha value is -1.23. The molecule has 0 spiro atoms. The third-order valence-corrected chi connectivity index (χ3v) is 4.62. The van der Waals surface area contributed by atoms with Gasteiger partial charge in [0.2, 0.25) is 5.91 Å². The quantitative estimate of drug-likeness (QED) is 0.522. The van der Waals surface area contributed by atoms with Crippen molar-refractivity contribution in [1.29, 1.82) is 0 Å². The molecule has 104 valence electrons. The summed E-state index contributed by atoms with van der Waals surface area (Å²) < 4.78 is 0.793. The van der Waals surface area contributed by atoms with E-state index in [9.17, 15) is 10.0 Å². The molecule has 2 rings (SSSR count). The molecule has 0 aliphatic heterocycles. The highest BCUT2D eigenvalue weighted by atomic mass is 32.2. The highest BCUT2D eigenvalue weighted by Gasteiger charge is 2.22. The second kappa shape index (κ2) is 6.80. The van der Waals surface area contributed by atoms with E-state index < -0.39 is 0 Å². The summed E-state index contributed by atoms with van der Waals surface area (Å²) in [6, 6.07) is 5.52. The molecule has 1 amide bonds. The molecule has 0 bridgehead atoms. The van der Waals surface area contributed by atoms with Gasteiger partial charge < -0.3 is 10.5 Å². The molecule has 5 heteroatoms. The average Bonchev–Trinajstić information content (AvgIpc) is 2.40. The van der Waals surface area contributed by atoms with E-state index in [4.69, 9.17) is 0 Å². The number of hydrogen-bond acceptors (Lipinski definition) is 3. The molecule has 0 radical (unpaired) electrons. The van der Waals surface area contributed by atoms with Crippen molar-refractivity contribution >= 4 is 17.7 Å². The molecule has 1 aromatic heterocycles. The van der Waals surface area contributed by atoms with Crippen LogP contribution in [0.25, 0.3) is 0 Å². The number of carbonyl (C=O) groups is 1. The van der Waals surface area contributed by atoms with E-state index >= 15 is 0 Å². The van der Waals surface area contributed by atoms with E-state index in [-0.39, 0.29) is 5.91 Å². The van der Waals surface area contributed by atoms with Crippen molar-refractivity contribution in [2.75, 3.05) is 5.75 Å². The smallest absolute Gasteiger partial charge is 0.251 e. The van der Waals surface area contributed by atoms with Crippen LogP contribution in [-0.2, 0) is 4.79 Å². The lowest BCUT2D eigenvalue weighted by Crippen LogP contribution is -2.42. The molecule has 1 aliphatic rings. The Labute approximate surface area is 118 Å². The standard InChI is InChI=1S/C14H20N2O2S/c1-11-6-2-3-7-12(11)15-13(17)10-19-14-8-4-5-9-16(14)18/h4-5,8-9,11-12H,2-3,6-7,10H2,1H3,(H,15,17). The fourth-order valence-electron chi connectivity index (χ4n) is 2.44. The maximum atomic E-state index is 11.9. The summed E-state index contributed by atoms with van der Waals surface area (Å²) in [5.41, 5.74) is 0. The maximum Gasteiger partial charge on any atom is 0.251 e. The Bertz CT molecular complexity index is 439. The summed E-state index contributed by atoms with van der Waals surface area (Å²) in [5.74, 6) is 0.881. The van der Waals surface area contributed by atoms with Crippen LogP contribution in [0.4, 0.5) is 0 Å². The predicted octanol–water partition coefficient (Wildman–Crippen LogP) is 2.11. The Morgan fingerprint density at radius 2 is 2.26 bits per heavy atom. The van der Waals surface area contributed by atoms with Crippen LogP contribution in [0.3, 0.4) is 0 Å². The summed E-state index contributed by atoms with van der Waals surface area (Å²) in [6.07, 6.45) is 6.18. The fourth-order valence-corrected chi connectivity index (χ4v) is 3.17. The Kier molecular flexibility index (Phi) is 5.07. The first kappa shape index (κ1) is 14.2. The van der Waals surface area contributed by atoms with Crippen LogP contribution in [0.1, 0.15) is 32.6 Å². The third-order valence-electron chi connectivity index (χ3n) is 3.60. The highest BCUT2D eigenvalue weighted by molar-refractivity contribution is 7.99. The van der Waals surface area contributed by atoms with Gasteiger partial charge in [-0.15, -0.1) is 0 Å². The molecule has 0 aromatic carbocycles. The molecule has 1 N–H and O–H groups in total. The van der Waals surface area contributed by atoms with Crippen LogP contribution >= 0.6 is 11.8 Å². The molecule has 0 saturated heterocycles. The summed E-state index contributed by atoms with van der Waals surface area (Å²) >= 11 is 1.28. The van der Waals surface area contributed by atoms with Gasteiger partial charge in [0.1, 0.15) is 0 Å². The first-order valence-corrected chi connectivity index (χ1v) is 7.75. The molecule has 1 aromatic rings. The zero-order valence-corrected chi connectivity index (χ0v) is 12.0. The number of carbonyl (C=O) groups excluding carboxylic acids is 1. The first-order valence-electron chi connectivity index (χ1n) is 6.77. The van der Waals surface area contributed by atoms with Crippen molar-refractivity contribution in [3.63, 3.8) is 0 Å². The van der Waals surface area contributed by atoms with Gasteiger partial charge in [0.25, 0.3) is 5.03 Å². The zero-order valence-electron chi connectivity index (χ0n) is 11.2. The predicted molar refractivity (Wildman–Crippen MR) is 75.7 cm³/mol. The van der Waals surface area contributed by atoms with Gasteiger partial charge in [-0.25, -0.2) is 0 Å². The van der Waals surface area contributed by atoms with Crippen LogP contribution in [0.2, 0.25) is 0 Å². The number of amides is 1. The highest BCUT2D eigenvalue weighted by Crippen LogP contribution is 2.23. The number of aromatic nitrogens is 1. The number of nitrogens with zero attached hydrogens (tertiary/aromatic N) is 1. The average molecular weight is 280 g/mol. The van der Waals surface area contributed by atoms with Crippen molar-refractivity contribution in [3.8, 4) is 0 Å². The van der Waals surface area contributed by atoms with Crippen LogP contribution in [0.15, 0.2) is 29.4 Å². The van der Waals surface area contributed by atoms with Gasteiger partial charge in [-0.3, -0.25) is 4.79 Å². The van der Waals surface area contributed by atoms with Crippen molar-refractivity contribution in [2.24, 2.45) is 5.92 Å². The van der Waals surface area contributed by atoms with Gasteiger partial charge in [-0.1, -0.05) is 19.8 Å². The fraction of sp³-hybridized carbons (Fsp3) is 0.571. The lowest BCUT2D eigenvalue weighted by Gasteiger charge is -2.29. The van der Waals surface area contributed by atoms with Gasteiger partial charge in [0.05, 0.1) is 5.75 Å². The molecule has 19 heavy (non-hydrogen) atoms. The molecule has 1 saturated carbocycles. The van der Waals surface area contributed by atoms with Crippen molar-refractivity contribution in [3.05, 3.63) is 29.6 Å². The van der Waals surface area contributed by atoms with Gasteiger partial charge in [0.15, 0.2) is 6.20 Å².